The van der Waals surface area contributed by atoms with Crippen LogP contribution in [0.4, 0.5) is 5.82 Å². The molecule has 0 bridgehead atoms. The van der Waals surface area contributed by atoms with E-state index in [-0.39, 0.29) is 12.3 Å². The number of aliphatic hydroxyl groups excluding tert-OH is 3. The Morgan fingerprint density at radius 1 is 1.21 bits per heavy atom. The molecule has 178 valence electrons. The molecule has 6 N–H and O–H groups in total. The molecular weight excluding hydrogens is 461 g/mol. The van der Waals surface area contributed by atoms with Crippen LogP contribution in [0.15, 0.2) is 30.9 Å². The van der Waals surface area contributed by atoms with E-state index >= 15 is 0 Å². The highest BCUT2D eigenvalue weighted by Gasteiger charge is 2.44. The van der Waals surface area contributed by atoms with Gasteiger partial charge in [-0.25, -0.2) is 19.5 Å². The normalized spacial score (nSPS) is 23.1. The van der Waals surface area contributed by atoms with E-state index < -0.39 is 39.0 Å². The van der Waals surface area contributed by atoms with E-state index in [2.05, 4.69) is 24.8 Å². The zero-order valence-corrected chi connectivity index (χ0v) is 18.1. The SMILES string of the molecule is COc1ccc(OP(=O)(O)O)cc1CNc1ncnc2c1ncn2[C@@H]1O[C@H](CO)[C@@H](O)[C@H]1O. The number of phosphoric acid groups is 1. The Hall–Kier alpha value is -2.84. The van der Waals surface area contributed by atoms with Gasteiger partial charge in [0.25, 0.3) is 0 Å². The zero-order chi connectivity index (χ0) is 23.8. The van der Waals surface area contributed by atoms with Gasteiger partial charge in [0.05, 0.1) is 20.0 Å². The molecular formula is C18H22N5O9P. The molecule has 15 heteroatoms. The molecule has 4 rings (SSSR count). The smallest absolute Gasteiger partial charge is 0.496 e. The Balaban J connectivity index is 1.59. The maximum absolute atomic E-state index is 11.1. The summed E-state index contributed by atoms with van der Waals surface area (Å²) in [5.41, 5.74) is 1.18. The van der Waals surface area contributed by atoms with Crippen LogP contribution >= 0.6 is 7.82 Å². The Labute approximate surface area is 186 Å². The van der Waals surface area contributed by atoms with Crippen molar-refractivity contribution in [1.29, 1.82) is 0 Å². The van der Waals surface area contributed by atoms with Gasteiger partial charge in [0.1, 0.15) is 36.1 Å². The second-order valence-electron chi connectivity index (χ2n) is 7.18. The van der Waals surface area contributed by atoms with Gasteiger partial charge in [-0.2, -0.15) is 0 Å². The third kappa shape index (κ3) is 4.77. The number of nitrogens with zero attached hydrogens (tertiary/aromatic N) is 4. The molecule has 3 aromatic rings. The lowest BCUT2D eigenvalue weighted by Crippen LogP contribution is -2.33. The van der Waals surface area contributed by atoms with Gasteiger partial charge in [0.15, 0.2) is 23.2 Å². The number of aromatic nitrogens is 4. The minimum atomic E-state index is -4.73. The van der Waals surface area contributed by atoms with Crippen LogP contribution in [0.25, 0.3) is 11.2 Å². The van der Waals surface area contributed by atoms with Gasteiger partial charge < -0.3 is 34.6 Å². The third-order valence-electron chi connectivity index (χ3n) is 5.07. The maximum Gasteiger partial charge on any atom is 0.524 e. The number of aliphatic hydroxyl groups is 3. The number of phosphoric ester groups is 1. The number of benzene rings is 1. The first-order chi connectivity index (χ1) is 15.7. The first-order valence-corrected chi connectivity index (χ1v) is 11.2. The van der Waals surface area contributed by atoms with Crippen molar-refractivity contribution in [1.82, 2.24) is 19.5 Å². The first kappa shape index (κ1) is 23.3. The fourth-order valence-corrected chi connectivity index (χ4v) is 3.93. The molecule has 1 fully saturated rings. The van der Waals surface area contributed by atoms with Crippen LogP contribution < -0.4 is 14.6 Å². The molecule has 1 aliphatic rings. The first-order valence-electron chi connectivity index (χ1n) is 9.67. The summed E-state index contributed by atoms with van der Waals surface area (Å²) in [5, 5.41) is 32.7. The van der Waals surface area contributed by atoms with Crippen LogP contribution in [0.1, 0.15) is 11.8 Å². The predicted octanol–water partition coefficient (Wildman–Crippen LogP) is -0.470. The monoisotopic (exact) mass is 483 g/mol. The highest BCUT2D eigenvalue weighted by molar-refractivity contribution is 7.46. The van der Waals surface area contributed by atoms with E-state index in [9.17, 15) is 19.9 Å². The standard InChI is InChI=1S/C18H22N5O9P/c1-30-11-3-2-10(32-33(27,28)29)4-9(11)5-19-16-13-17(21-7-20-16)23(8-22-13)18-15(26)14(25)12(6-24)31-18/h2-4,7-8,12,14-15,18,24-26H,5-6H2,1H3,(H,19,20,21)(H2,27,28,29)/t12-,14-,15-,18-/m1/s1. The van der Waals surface area contributed by atoms with Gasteiger partial charge in [-0.05, 0) is 18.2 Å². The van der Waals surface area contributed by atoms with Crippen molar-refractivity contribution in [2.24, 2.45) is 0 Å². The topological polar surface area (TPSA) is 202 Å². The lowest BCUT2D eigenvalue weighted by atomic mass is 10.1. The molecule has 0 amide bonds. The number of rotatable bonds is 8. The Morgan fingerprint density at radius 3 is 2.67 bits per heavy atom. The van der Waals surface area contributed by atoms with E-state index in [0.717, 1.165) is 0 Å². The quantitative estimate of drug-likeness (QED) is 0.225. The summed E-state index contributed by atoms with van der Waals surface area (Å²) in [4.78, 5) is 30.7. The Kier molecular flexibility index (Phi) is 6.50. The minimum absolute atomic E-state index is 0.0394. The van der Waals surface area contributed by atoms with Crippen molar-refractivity contribution >= 4 is 24.8 Å². The number of hydrogen-bond donors (Lipinski definition) is 6. The number of ether oxygens (including phenoxy) is 2. The van der Waals surface area contributed by atoms with E-state index in [4.69, 9.17) is 19.3 Å². The summed E-state index contributed by atoms with van der Waals surface area (Å²) >= 11 is 0. The highest BCUT2D eigenvalue weighted by atomic mass is 31.2. The van der Waals surface area contributed by atoms with Crippen LogP contribution in [0.2, 0.25) is 0 Å². The predicted molar refractivity (Wildman–Crippen MR) is 111 cm³/mol. The van der Waals surface area contributed by atoms with Crippen LogP contribution in [0.3, 0.4) is 0 Å². The van der Waals surface area contributed by atoms with Crippen molar-refractivity contribution < 1.29 is 43.7 Å². The average molecular weight is 483 g/mol. The van der Waals surface area contributed by atoms with E-state index in [1.54, 1.807) is 0 Å². The van der Waals surface area contributed by atoms with Crippen LogP contribution in [-0.4, -0.2) is 76.7 Å². The number of nitrogens with one attached hydrogen (secondary N) is 1. The van der Waals surface area contributed by atoms with E-state index in [1.165, 1.54) is 42.5 Å². The van der Waals surface area contributed by atoms with Crippen LogP contribution in [-0.2, 0) is 15.8 Å². The van der Waals surface area contributed by atoms with Crippen molar-refractivity contribution in [2.45, 2.75) is 31.1 Å². The minimum Gasteiger partial charge on any atom is -0.496 e. The van der Waals surface area contributed by atoms with Crippen molar-refractivity contribution in [2.75, 3.05) is 19.0 Å². The molecule has 3 heterocycles. The molecule has 14 nitrogen and oxygen atoms in total. The number of anilines is 1. The summed E-state index contributed by atoms with van der Waals surface area (Å²) in [6, 6.07) is 4.29. The number of hydrogen-bond acceptors (Lipinski definition) is 11. The molecule has 0 spiro atoms. The summed E-state index contributed by atoms with van der Waals surface area (Å²) < 4.78 is 28.0. The number of fused-ring (bicyclic) bond motifs is 1. The summed E-state index contributed by atoms with van der Waals surface area (Å²) in [6.45, 7) is -0.329. The second kappa shape index (κ2) is 9.19. The largest absolute Gasteiger partial charge is 0.524 e. The molecule has 0 saturated carbocycles. The molecule has 4 atom stereocenters. The molecule has 2 aromatic heterocycles. The lowest BCUT2D eigenvalue weighted by molar-refractivity contribution is -0.0511. The molecule has 1 aliphatic heterocycles. The summed E-state index contributed by atoms with van der Waals surface area (Å²) in [6.07, 6.45) is -1.88. The van der Waals surface area contributed by atoms with Crippen molar-refractivity contribution in [3.05, 3.63) is 36.4 Å². The van der Waals surface area contributed by atoms with E-state index in [0.29, 0.717) is 28.3 Å². The van der Waals surface area contributed by atoms with Crippen LogP contribution in [0, 0.1) is 0 Å². The Bertz CT molecular complexity index is 1190. The van der Waals surface area contributed by atoms with Gasteiger partial charge in [-0.3, -0.25) is 14.4 Å². The van der Waals surface area contributed by atoms with Gasteiger partial charge in [-0.15, -0.1) is 0 Å². The highest BCUT2D eigenvalue weighted by Crippen LogP contribution is 2.39. The molecule has 0 radical (unpaired) electrons. The molecule has 1 saturated heterocycles. The summed E-state index contributed by atoms with van der Waals surface area (Å²) in [7, 11) is -3.27. The summed E-state index contributed by atoms with van der Waals surface area (Å²) in [5.74, 6) is 0.735. The van der Waals surface area contributed by atoms with Gasteiger partial charge in [-0.1, -0.05) is 0 Å². The average Bonchev–Trinajstić information content (AvgIpc) is 3.32. The van der Waals surface area contributed by atoms with Crippen LogP contribution in [0.5, 0.6) is 11.5 Å². The fraction of sp³-hybridized carbons (Fsp3) is 0.389. The molecule has 33 heavy (non-hydrogen) atoms. The maximum atomic E-state index is 11.1. The van der Waals surface area contributed by atoms with Crippen molar-refractivity contribution in [3.8, 4) is 11.5 Å². The molecule has 0 unspecified atom stereocenters. The Morgan fingerprint density at radius 2 is 2.00 bits per heavy atom. The second-order valence-corrected chi connectivity index (χ2v) is 8.35. The van der Waals surface area contributed by atoms with Gasteiger partial charge in [0, 0.05) is 12.1 Å². The van der Waals surface area contributed by atoms with Crippen molar-refractivity contribution in [3.63, 3.8) is 0 Å². The van der Waals surface area contributed by atoms with E-state index in [1.807, 2.05) is 0 Å². The molecule has 1 aromatic carbocycles. The van der Waals surface area contributed by atoms with Gasteiger partial charge in [0.2, 0.25) is 0 Å². The lowest BCUT2D eigenvalue weighted by Gasteiger charge is -2.16. The number of imidazole rings is 1. The van der Waals surface area contributed by atoms with Gasteiger partial charge >= 0.3 is 7.82 Å². The zero-order valence-electron chi connectivity index (χ0n) is 17.2. The molecule has 0 aliphatic carbocycles. The fourth-order valence-electron chi connectivity index (χ4n) is 3.54. The number of methoxy groups -OCH3 is 1. The third-order valence-corrected chi connectivity index (χ3v) is 5.52.